The first-order chi connectivity index (χ1) is 16.3. The zero-order chi connectivity index (χ0) is 24.4. The summed E-state index contributed by atoms with van der Waals surface area (Å²) >= 11 is 6.17. The first-order valence-electron chi connectivity index (χ1n) is 10.8. The minimum atomic E-state index is -0.583. The Kier molecular flexibility index (Phi) is 6.65. The van der Waals surface area contributed by atoms with E-state index < -0.39 is 11.9 Å². The molecule has 174 valence electrons. The lowest BCUT2D eigenvalue weighted by Gasteiger charge is -2.29. The Morgan fingerprint density at radius 1 is 1.12 bits per heavy atom. The maximum Gasteiger partial charge on any atom is 0.266 e. The minimum Gasteiger partial charge on any atom is -0.497 e. The molecule has 0 saturated carbocycles. The molecule has 0 radical (unpaired) electrons. The van der Waals surface area contributed by atoms with E-state index in [1.807, 2.05) is 13.8 Å². The van der Waals surface area contributed by atoms with Crippen molar-refractivity contribution < 1.29 is 13.9 Å². The smallest absolute Gasteiger partial charge is 0.266 e. The highest BCUT2D eigenvalue weighted by Gasteiger charge is 2.26. The molecule has 0 bridgehead atoms. The maximum atomic E-state index is 13.6. The molecule has 0 N–H and O–H groups in total. The van der Waals surface area contributed by atoms with Crippen LogP contribution in [0, 0.1) is 5.82 Å². The Morgan fingerprint density at radius 3 is 2.41 bits per heavy atom. The number of halogens is 2. The second-order valence-electron chi connectivity index (χ2n) is 7.74. The fourth-order valence-electron chi connectivity index (χ4n) is 3.93. The fraction of sp³-hybridized carbons (Fsp3) is 0.192. The molecule has 0 fully saturated rings. The molecule has 0 aliphatic heterocycles. The SMILES string of the molecule is CCN(C(=O)c1ccc(F)cc1)C(C)c1nc2cc(Cl)ccc2c(=O)n1-c1ccc(OC)cc1. The predicted molar refractivity (Wildman–Crippen MR) is 130 cm³/mol. The Balaban J connectivity index is 1.90. The van der Waals surface area contributed by atoms with Crippen molar-refractivity contribution >= 4 is 28.4 Å². The fourth-order valence-corrected chi connectivity index (χ4v) is 4.09. The van der Waals surface area contributed by atoms with Crippen LogP contribution in [0.15, 0.2) is 71.5 Å². The number of aromatic nitrogens is 2. The summed E-state index contributed by atoms with van der Waals surface area (Å²) in [7, 11) is 1.57. The largest absolute Gasteiger partial charge is 0.497 e. The van der Waals surface area contributed by atoms with Gasteiger partial charge in [0.1, 0.15) is 17.4 Å². The number of hydrogen-bond acceptors (Lipinski definition) is 4. The van der Waals surface area contributed by atoms with E-state index >= 15 is 0 Å². The number of rotatable bonds is 6. The van der Waals surface area contributed by atoms with E-state index in [2.05, 4.69) is 0 Å². The second-order valence-corrected chi connectivity index (χ2v) is 8.18. The van der Waals surface area contributed by atoms with E-state index in [1.54, 1.807) is 54.5 Å². The summed E-state index contributed by atoms with van der Waals surface area (Å²) in [6.45, 7) is 4.00. The Hall–Kier alpha value is -3.71. The lowest BCUT2D eigenvalue weighted by atomic mass is 10.1. The Bertz CT molecular complexity index is 1400. The molecule has 1 unspecified atom stereocenters. The van der Waals surface area contributed by atoms with E-state index in [4.69, 9.17) is 21.3 Å². The van der Waals surface area contributed by atoms with Crippen molar-refractivity contribution in [3.8, 4) is 11.4 Å². The third-order valence-electron chi connectivity index (χ3n) is 5.72. The molecule has 3 aromatic carbocycles. The predicted octanol–water partition coefficient (Wildman–Crippen LogP) is 5.41. The van der Waals surface area contributed by atoms with Gasteiger partial charge in [0, 0.05) is 17.1 Å². The molecule has 0 aliphatic rings. The van der Waals surface area contributed by atoms with Gasteiger partial charge in [-0.05, 0) is 80.6 Å². The third kappa shape index (κ3) is 4.39. The molecule has 1 aromatic heterocycles. The van der Waals surface area contributed by atoms with Crippen molar-refractivity contribution in [1.82, 2.24) is 14.5 Å². The van der Waals surface area contributed by atoms with Crippen molar-refractivity contribution in [1.29, 1.82) is 0 Å². The molecule has 4 rings (SSSR count). The number of amides is 1. The van der Waals surface area contributed by atoms with Gasteiger partial charge in [-0.15, -0.1) is 0 Å². The molecule has 0 aliphatic carbocycles. The van der Waals surface area contributed by atoms with E-state index in [0.29, 0.717) is 45.3 Å². The number of methoxy groups -OCH3 is 1. The van der Waals surface area contributed by atoms with Crippen LogP contribution in [0.2, 0.25) is 5.02 Å². The summed E-state index contributed by atoms with van der Waals surface area (Å²) in [5.74, 6) is 0.307. The van der Waals surface area contributed by atoms with Crippen LogP contribution in [0.5, 0.6) is 5.75 Å². The van der Waals surface area contributed by atoms with E-state index in [-0.39, 0.29) is 11.5 Å². The van der Waals surface area contributed by atoms with Crippen LogP contribution in [0.25, 0.3) is 16.6 Å². The molecule has 34 heavy (non-hydrogen) atoms. The lowest BCUT2D eigenvalue weighted by Crippen LogP contribution is -2.37. The summed E-state index contributed by atoms with van der Waals surface area (Å²) in [5.41, 5.74) is 1.09. The summed E-state index contributed by atoms with van der Waals surface area (Å²) in [6.07, 6.45) is 0. The van der Waals surface area contributed by atoms with Gasteiger partial charge in [-0.25, -0.2) is 9.37 Å². The van der Waals surface area contributed by atoms with Crippen LogP contribution in [0.1, 0.15) is 36.1 Å². The van der Waals surface area contributed by atoms with Gasteiger partial charge in [0.05, 0.1) is 29.7 Å². The number of fused-ring (bicyclic) bond motifs is 1. The van der Waals surface area contributed by atoms with Gasteiger partial charge in [-0.3, -0.25) is 14.2 Å². The van der Waals surface area contributed by atoms with Crippen molar-refractivity contribution in [2.75, 3.05) is 13.7 Å². The van der Waals surface area contributed by atoms with E-state index in [9.17, 15) is 14.0 Å². The van der Waals surface area contributed by atoms with Crippen LogP contribution in [-0.4, -0.2) is 34.0 Å². The Labute approximate surface area is 201 Å². The molecule has 8 heteroatoms. The number of ether oxygens (including phenoxy) is 1. The van der Waals surface area contributed by atoms with Gasteiger partial charge in [-0.2, -0.15) is 0 Å². The molecular weight excluding hydrogens is 457 g/mol. The highest BCUT2D eigenvalue weighted by Crippen LogP contribution is 2.26. The van der Waals surface area contributed by atoms with Gasteiger partial charge in [0.25, 0.3) is 11.5 Å². The van der Waals surface area contributed by atoms with Crippen LogP contribution in [-0.2, 0) is 0 Å². The normalized spacial score (nSPS) is 11.9. The lowest BCUT2D eigenvalue weighted by molar-refractivity contribution is 0.0693. The molecule has 0 spiro atoms. The third-order valence-corrected chi connectivity index (χ3v) is 5.96. The van der Waals surface area contributed by atoms with Crippen LogP contribution < -0.4 is 10.3 Å². The first kappa shape index (κ1) is 23.4. The van der Waals surface area contributed by atoms with Gasteiger partial charge in [-0.1, -0.05) is 11.6 Å². The van der Waals surface area contributed by atoms with Crippen LogP contribution in [0.3, 0.4) is 0 Å². The number of benzene rings is 3. The highest BCUT2D eigenvalue weighted by atomic mass is 35.5. The van der Waals surface area contributed by atoms with Crippen molar-refractivity contribution in [2.24, 2.45) is 0 Å². The zero-order valence-electron chi connectivity index (χ0n) is 19.0. The molecular formula is C26H23ClFN3O3. The number of hydrogen-bond donors (Lipinski definition) is 0. The summed E-state index contributed by atoms with van der Waals surface area (Å²) in [4.78, 5) is 33.3. The van der Waals surface area contributed by atoms with E-state index in [0.717, 1.165) is 0 Å². The average Bonchev–Trinajstić information content (AvgIpc) is 2.84. The monoisotopic (exact) mass is 479 g/mol. The summed E-state index contributed by atoms with van der Waals surface area (Å²) in [5, 5.41) is 0.860. The summed E-state index contributed by atoms with van der Waals surface area (Å²) < 4.78 is 20.1. The first-order valence-corrected chi connectivity index (χ1v) is 11.1. The second kappa shape index (κ2) is 9.65. The summed E-state index contributed by atoms with van der Waals surface area (Å²) in [6, 6.07) is 16.7. The molecule has 4 aromatic rings. The number of carbonyl (C=O) groups is 1. The standard InChI is InChI=1S/C26H23ClFN3O3/c1-4-30(25(32)17-5-8-19(28)9-6-17)16(2)24-29-23-15-18(27)7-14-22(23)26(33)31(24)20-10-12-21(34-3)13-11-20/h5-16H,4H2,1-3H3. The van der Waals surface area contributed by atoms with Crippen molar-refractivity contribution in [2.45, 2.75) is 19.9 Å². The number of carbonyl (C=O) groups excluding carboxylic acids is 1. The van der Waals surface area contributed by atoms with Gasteiger partial charge < -0.3 is 9.64 Å². The highest BCUT2D eigenvalue weighted by molar-refractivity contribution is 6.31. The quantitative estimate of drug-likeness (QED) is 0.371. The van der Waals surface area contributed by atoms with Gasteiger partial charge in [0.2, 0.25) is 0 Å². The molecule has 1 amide bonds. The molecule has 1 heterocycles. The topological polar surface area (TPSA) is 64.4 Å². The molecule has 1 atom stereocenters. The van der Waals surface area contributed by atoms with Gasteiger partial charge in [0.15, 0.2) is 0 Å². The maximum absolute atomic E-state index is 13.6. The zero-order valence-corrected chi connectivity index (χ0v) is 19.7. The number of nitrogens with zero attached hydrogens (tertiary/aromatic N) is 3. The average molecular weight is 480 g/mol. The van der Waals surface area contributed by atoms with Gasteiger partial charge >= 0.3 is 0 Å². The van der Waals surface area contributed by atoms with E-state index in [1.165, 1.54) is 28.8 Å². The molecule has 6 nitrogen and oxygen atoms in total. The van der Waals surface area contributed by atoms with Crippen LogP contribution in [0.4, 0.5) is 4.39 Å². The van der Waals surface area contributed by atoms with Crippen LogP contribution >= 0.6 is 11.6 Å². The van der Waals surface area contributed by atoms with Crippen molar-refractivity contribution in [3.05, 3.63) is 99.3 Å². The minimum absolute atomic E-state index is 0.279. The Morgan fingerprint density at radius 2 is 1.79 bits per heavy atom. The van der Waals surface area contributed by atoms with Crippen molar-refractivity contribution in [3.63, 3.8) is 0 Å². The molecule has 0 saturated heterocycles.